The molecule has 2 N–H and O–H groups in total. The quantitative estimate of drug-likeness (QED) is 0.847. The third-order valence-electron chi connectivity index (χ3n) is 3.15. The second kappa shape index (κ2) is 5.23. The van der Waals surface area contributed by atoms with Crippen LogP contribution in [0.25, 0.3) is 10.9 Å². The van der Waals surface area contributed by atoms with Gasteiger partial charge in [-0.2, -0.15) is 0 Å². The Hall–Kier alpha value is -1.52. The van der Waals surface area contributed by atoms with E-state index >= 15 is 0 Å². The average molecular weight is 281 g/mol. The summed E-state index contributed by atoms with van der Waals surface area (Å²) in [6.07, 6.45) is 1.92. The zero-order valence-electron chi connectivity index (χ0n) is 11.2. The number of halogens is 1. The Morgan fingerprint density at radius 3 is 2.89 bits per heavy atom. The van der Waals surface area contributed by atoms with Crippen LogP contribution in [-0.2, 0) is 16.1 Å². The highest BCUT2D eigenvalue weighted by molar-refractivity contribution is 6.31. The number of nitrogens with one attached hydrogen (secondary N) is 2. The Morgan fingerprint density at radius 2 is 2.21 bits per heavy atom. The molecule has 0 spiro atoms. The minimum atomic E-state index is -0.717. The summed E-state index contributed by atoms with van der Waals surface area (Å²) in [6.45, 7) is 4.17. The van der Waals surface area contributed by atoms with Crippen LogP contribution in [0.4, 0.5) is 0 Å². The number of aromatic nitrogens is 1. The lowest BCUT2D eigenvalue weighted by molar-refractivity contribution is -0.147. The van der Waals surface area contributed by atoms with Crippen LogP contribution >= 0.6 is 11.6 Å². The lowest BCUT2D eigenvalue weighted by atomic mass is 10.1. The highest BCUT2D eigenvalue weighted by Crippen LogP contribution is 2.22. The maximum Gasteiger partial charge on any atom is 0.325 e. The second-order valence-electron chi connectivity index (χ2n) is 4.97. The lowest BCUT2D eigenvalue weighted by Gasteiger charge is -2.22. The molecule has 0 atom stereocenters. The van der Waals surface area contributed by atoms with Crippen molar-refractivity contribution in [2.24, 2.45) is 0 Å². The maximum absolute atomic E-state index is 11.6. The fourth-order valence-corrected chi connectivity index (χ4v) is 2.12. The van der Waals surface area contributed by atoms with E-state index in [0.29, 0.717) is 11.6 Å². The number of methoxy groups -OCH3 is 1. The third kappa shape index (κ3) is 2.91. The van der Waals surface area contributed by atoms with Gasteiger partial charge in [-0.15, -0.1) is 0 Å². The fraction of sp³-hybridized carbons (Fsp3) is 0.357. The number of benzene rings is 1. The van der Waals surface area contributed by atoms with Gasteiger partial charge in [-0.05, 0) is 31.5 Å². The van der Waals surface area contributed by atoms with Crippen molar-refractivity contribution in [3.63, 3.8) is 0 Å². The van der Waals surface area contributed by atoms with Gasteiger partial charge in [0.15, 0.2) is 0 Å². The number of ether oxygens (including phenoxy) is 1. The minimum Gasteiger partial charge on any atom is -0.468 e. The molecule has 0 saturated heterocycles. The number of H-pyrrole nitrogens is 1. The molecule has 0 saturated carbocycles. The largest absolute Gasteiger partial charge is 0.468 e. The molecule has 1 heterocycles. The first-order chi connectivity index (χ1) is 8.94. The summed E-state index contributed by atoms with van der Waals surface area (Å²) < 4.78 is 4.76. The van der Waals surface area contributed by atoms with Crippen molar-refractivity contribution in [1.82, 2.24) is 10.3 Å². The summed E-state index contributed by atoms with van der Waals surface area (Å²) in [7, 11) is 1.39. The molecule has 0 radical (unpaired) electrons. The molecule has 5 heteroatoms. The van der Waals surface area contributed by atoms with E-state index in [1.54, 1.807) is 13.8 Å². The summed E-state index contributed by atoms with van der Waals surface area (Å²) >= 11 is 5.94. The zero-order chi connectivity index (χ0) is 14.0. The summed E-state index contributed by atoms with van der Waals surface area (Å²) in [5, 5.41) is 4.98. The lowest BCUT2D eigenvalue weighted by Crippen LogP contribution is -2.46. The van der Waals surface area contributed by atoms with Crippen LogP contribution in [0.5, 0.6) is 0 Å². The van der Waals surface area contributed by atoms with Gasteiger partial charge in [0.2, 0.25) is 0 Å². The number of rotatable bonds is 4. The van der Waals surface area contributed by atoms with E-state index in [2.05, 4.69) is 10.3 Å². The van der Waals surface area contributed by atoms with Crippen LogP contribution in [-0.4, -0.2) is 23.6 Å². The minimum absolute atomic E-state index is 0.282. The molecule has 0 fully saturated rings. The van der Waals surface area contributed by atoms with Crippen LogP contribution in [0.3, 0.4) is 0 Å². The van der Waals surface area contributed by atoms with Gasteiger partial charge in [-0.3, -0.25) is 10.1 Å². The van der Waals surface area contributed by atoms with Gasteiger partial charge in [-0.1, -0.05) is 17.7 Å². The summed E-state index contributed by atoms with van der Waals surface area (Å²) in [4.78, 5) is 14.8. The third-order valence-corrected chi connectivity index (χ3v) is 3.38. The number of aromatic amines is 1. The van der Waals surface area contributed by atoms with Crippen molar-refractivity contribution in [1.29, 1.82) is 0 Å². The van der Waals surface area contributed by atoms with Crippen molar-refractivity contribution in [3.05, 3.63) is 35.0 Å². The van der Waals surface area contributed by atoms with E-state index in [1.807, 2.05) is 24.4 Å². The van der Waals surface area contributed by atoms with Gasteiger partial charge in [0.05, 0.1) is 7.11 Å². The molecule has 102 valence electrons. The molecule has 0 aliphatic heterocycles. The first-order valence-electron chi connectivity index (χ1n) is 6.03. The maximum atomic E-state index is 11.6. The predicted molar refractivity (Wildman–Crippen MR) is 76.2 cm³/mol. The highest BCUT2D eigenvalue weighted by atomic mass is 35.5. The number of esters is 1. The number of fused-ring (bicyclic) bond motifs is 1. The number of carbonyl (C=O) groups excluding carboxylic acids is 1. The van der Waals surface area contributed by atoms with Gasteiger partial charge >= 0.3 is 5.97 Å². The molecule has 2 aromatic rings. The van der Waals surface area contributed by atoms with Gasteiger partial charge in [0, 0.05) is 28.7 Å². The first kappa shape index (κ1) is 13.9. The van der Waals surface area contributed by atoms with E-state index < -0.39 is 5.54 Å². The Labute approximate surface area is 117 Å². The standard InChI is InChI=1S/C14H17ClN2O2/c1-14(2,13(18)19-3)17-8-9-7-16-12-6-10(15)4-5-11(9)12/h4-7,16-17H,8H2,1-3H3. The van der Waals surface area contributed by atoms with E-state index in [9.17, 15) is 4.79 Å². The second-order valence-corrected chi connectivity index (χ2v) is 5.41. The monoisotopic (exact) mass is 280 g/mol. The molecule has 19 heavy (non-hydrogen) atoms. The summed E-state index contributed by atoms with van der Waals surface area (Å²) in [5.74, 6) is -0.282. The summed E-state index contributed by atoms with van der Waals surface area (Å²) in [5.41, 5.74) is 1.36. The van der Waals surface area contributed by atoms with Gasteiger partial charge in [0.1, 0.15) is 5.54 Å². The van der Waals surface area contributed by atoms with Crippen LogP contribution in [0.15, 0.2) is 24.4 Å². The Morgan fingerprint density at radius 1 is 1.47 bits per heavy atom. The molecule has 0 bridgehead atoms. The van der Waals surface area contributed by atoms with E-state index in [0.717, 1.165) is 16.5 Å². The van der Waals surface area contributed by atoms with Crippen molar-refractivity contribution >= 4 is 28.5 Å². The van der Waals surface area contributed by atoms with Crippen LogP contribution in [0.1, 0.15) is 19.4 Å². The predicted octanol–water partition coefficient (Wildman–Crippen LogP) is 2.86. The van der Waals surface area contributed by atoms with Crippen LogP contribution < -0.4 is 5.32 Å². The SMILES string of the molecule is COC(=O)C(C)(C)NCc1c[nH]c2cc(Cl)ccc12. The van der Waals surface area contributed by atoms with E-state index in [-0.39, 0.29) is 5.97 Å². The Balaban J connectivity index is 2.16. The molecule has 2 rings (SSSR count). The molecule has 4 nitrogen and oxygen atoms in total. The Kier molecular flexibility index (Phi) is 3.83. The normalized spacial score (nSPS) is 11.8. The van der Waals surface area contributed by atoms with E-state index in [4.69, 9.17) is 16.3 Å². The average Bonchev–Trinajstić information content (AvgIpc) is 2.77. The number of hydrogen-bond donors (Lipinski definition) is 2. The fourth-order valence-electron chi connectivity index (χ4n) is 1.95. The van der Waals surface area contributed by atoms with E-state index in [1.165, 1.54) is 7.11 Å². The van der Waals surface area contributed by atoms with Gasteiger partial charge in [-0.25, -0.2) is 0 Å². The van der Waals surface area contributed by atoms with Crippen molar-refractivity contribution in [2.45, 2.75) is 25.9 Å². The zero-order valence-corrected chi connectivity index (χ0v) is 12.0. The molecular formula is C14H17ClN2O2. The molecule has 1 aromatic heterocycles. The van der Waals surface area contributed by atoms with Crippen LogP contribution in [0.2, 0.25) is 5.02 Å². The molecule has 0 amide bonds. The molecule has 0 aliphatic rings. The van der Waals surface area contributed by atoms with Crippen LogP contribution in [0, 0.1) is 0 Å². The number of hydrogen-bond acceptors (Lipinski definition) is 3. The van der Waals surface area contributed by atoms with Crippen molar-refractivity contribution in [3.8, 4) is 0 Å². The Bertz CT molecular complexity index is 605. The van der Waals surface area contributed by atoms with Gasteiger partial charge in [0.25, 0.3) is 0 Å². The summed E-state index contributed by atoms with van der Waals surface area (Å²) in [6, 6.07) is 5.70. The first-order valence-corrected chi connectivity index (χ1v) is 6.41. The van der Waals surface area contributed by atoms with Crippen molar-refractivity contribution in [2.75, 3.05) is 7.11 Å². The molecule has 0 aliphatic carbocycles. The highest BCUT2D eigenvalue weighted by Gasteiger charge is 2.27. The van der Waals surface area contributed by atoms with Gasteiger partial charge < -0.3 is 9.72 Å². The van der Waals surface area contributed by atoms with Crippen molar-refractivity contribution < 1.29 is 9.53 Å². The molecule has 1 aromatic carbocycles. The molecular weight excluding hydrogens is 264 g/mol. The smallest absolute Gasteiger partial charge is 0.325 e. The number of carbonyl (C=O) groups is 1. The molecule has 0 unspecified atom stereocenters. The topological polar surface area (TPSA) is 54.1 Å².